The van der Waals surface area contributed by atoms with E-state index in [1.54, 1.807) is 0 Å². The van der Waals surface area contributed by atoms with Crippen LogP contribution in [0, 0.1) is 17.3 Å². The Balaban J connectivity index is 1.63. The number of hydrogen-bond donors (Lipinski definition) is 1. The maximum absolute atomic E-state index is 13.1. The summed E-state index contributed by atoms with van der Waals surface area (Å²) in [5.41, 5.74) is -0.150. The molecule has 0 bridgehead atoms. The van der Waals surface area contributed by atoms with E-state index in [0.29, 0.717) is 38.0 Å². The molecule has 5 nitrogen and oxygen atoms in total. The number of carbonyl (C=O) groups is 2. The lowest BCUT2D eigenvalue weighted by Crippen LogP contribution is -2.57. The first-order valence-corrected chi connectivity index (χ1v) is 8.83. The first kappa shape index (κ1) is 15.8. The van der Waals surface area contributed by atoms with Crippen molar-refractivity contribution < 1.29 is 9.59 Å². The van der Waals surface area contributed by atoms with Gasteiger partial charge in [0.1, 0.15) is 0 Å². The molecule has 5 heteroatoms. The van der Waals surface area contributed by atoms with E-state index in [9.17, 15) is 9.59 Å². The van der Waals surface area contributed by atoms with E-state index in [0.717, 1.165) is 19.5 Å². The molecule has 0 unspecified atom stereocenters. The van der Waals surface area contributed by atoms with Crippen LogP contribution < -0.4 is 5.32 Å². The standard InChI is InChI=1S/C17H29N3O2/c1-13(2)15(21)19-7-9-20(10-8-19)16(22)17-6-4-3-5-14(17)11-18-12-17/h13-14,18H,3-12H2,1-2H3/t14-,17+/m0/s1. The topological polar surface area (TPSA) is 52.7 Å². The predicted molar refractivity (Wildman–Crippen MR) is 85.3 cm³/mol. The largest absolute Gasteiger partial charge is 0.339 e. The SMILES string of the molecule is CC(C)C(=O)N1CCN(C(=O)[C@@]23CCCC[C@H]2CNC3)CC1. The molecule has 0 aromatic carbocycles. The molecule has 0 radical (unpaired) electrons. The Bertz CT molecular complexity index is 443. The van der Waals surface area contributed by atoms with Gasteiger partial charge in [0.2, 0.25) is 11.8 Å². The van der Waals surface area contributed by atoms with Crippen molar-refractivity contribution in [3.63, 3.8) is 0 Å². The van der Waals surface area contributed by atoms with Gasteiger partial charge in [-0.2, -0.15) is 0 Å². The molecule has 0 aromatic rings. The van der Waals surface area contributed by atoms with E-state index in [2.05, 4.69) is 5.32 Å². The number of nitrogens with zero attached hydrogens (tertiary/aromatic N) is 2. The molecule has 3 aliphatic rings. The van der Waals surface area contributed by atoms with Crippen LogP contribution in [0.4, 0.5) is 0 Å². The summed E-state index contributed by atoms with van der Waals surface area (Å²) in [5.74, 6) is 1.12. The zero-order valence-electron chi connectivity index (χ0n) is 13.9. The van der Waals surface area contributed by atoms with Crippen LogP contribution in [0.15, 0.2) is 0 Å². The Labute approximate surface area is 133 Å². The van der Waals surface area contributed by atoms with Crippen molar-refractivity contribution in [2.45, 2.75) is 39.5 Å². The molecule has 1 aliphatic carbocycles. The van der Waals surface area contributed by atoms with Crippen molar-refractivity contribution >= 4 is 11.8 Å². The summed E-state index contributed by atoms with van der Waals surface area (Å²) in [6, 6.07) is 0. The second kappa shape index (κ2) is 6.19. The smallest absolute Gasteiger partial charge is 0.230 e. The van der Waals surface area contributed by atoms with Gasteiger partial charge in [-0.1, -0.05) is 26.7 Å². The molecule has 0 aromatic heterocycles. The number of rotatable bonds is 2. The maximum atomic E-state index is 13.1. The van der Waals surface area contributed by atoms with Crippen LogP contribution >= 0.6 is 0 Å². The van der Waals surface area contributed by atoms with Crippen LogP contribution in [0.2, 0.25) is 0 Å². The zero-order chi connectivity index (χ0) is 15.7. The number of nitrogens with one attached hydrogen (secondary N) is 1. The fraction of sp³-hybridized carbons (Fsp3) is 0.882. The molecule has 22 heavy (non-hydrogen) atoms. The summed E-state index contributed by atoms with van der Waals surface area (Å²) < 4.78 is 0. The molecule has 1 saturated carbocycles. The Morgan fingerprint density at radius 1 is 1.09 bits per heavy atom. The quantitative estimate of drug-likeness (QED) is 0.831. The van der Waals surface area contributed by atoms with Gasteiger partial charge in [0.05, 0.1) is 5.41 Å². The molecule has 2 saturated heterocycles. The van der Waals surface area contributed by atoms with Gasteiger partial charge in [0, 0.05) is 38.6 Å². The lowest BCUT2D eigenvalue weighted by Gasteiger charge is -2.43. The van der Waals surface area contributed by atoms with Gasteiger partial charge in [0.25, 0.3) is 0 Å². The van der Waals surface area contributed by atoms with Crippen molar-refractivity contribution in [2.24, 2.45) is 17.3 Å². The highest BCUT2D eigenvalue weighted by molar-refractivity contribution is 5.84. The highest BCUT2D eigenvalue weighted by Gasteiger charge is 2.51. The molecule has 1 N–H and O–H groups in total. The summed E-state index contributed by atoms with van der Waals surface area (Å²) in [4.78, 5) is 29.2. The summed E-state index contributed by atoms with van der Waals surface area (Å²) in [6.45, 7) is 8.51. The number of carbonyl (C=O) groups excluding carboxylic acids is 2. The van der Waals surface area contributed by atoms with Crippen LogP contribution in [0.1, 0.15) is 39.5 Å². The summed E-state index contributed by atoms with van der Waals surface area (Å²) in [6.07, 6.45) is 4.66. The van der Waals surface area contributed by atoms with Gasteiger partial charge in [-0.25, -0.2) is 0 Å². The Kier molecular flexibility index (Phi) is 4.44. The van der Waals surface area contributed by atoms with Crippen molar-refractivity contribution in [2.75, 3.05) is 39.3 Å². The molecule has 2 amide bonds. The molecular weight excluding hydrogens is 278 g/mol. The van der Waals surface area contributed by atoms with Crippen molar-refractivity contribution in [1.82, 2.24) is 15.1 Å². The fourth-order valence-electron chi connectivity index (χ4n) is 4.48. The number of hydrogen-bond acceptors (Lipinski definition) is 3. The minimum atomic E-state index is -0.150. The zero-order valence-corrected chi connectivity index (χ0v) is 13.9. The highest BCUT2D eigenvalue weighted by atomic mass is 16.2. The second-order valence-electron chi connectivity index (χ2n) is 7.50. The third kappa shape index (κ3) is 2.64. The van der Waals surface area contributed by atoms with Crippen LogP contribution in [0.25, 0.3) is 0 Å². The summed E-state index contributed by atoms with van der Waals surface area (Å²) >= 11 is 0. The van der Waals surface area contributed by atoms with Gasteiger partial charge in [0.15, 0.2) is 0 Å². The van der Waals surface area contributed by atoms with Crippen LogP contribution in [-0.4, -0.2) is 60.9 Å². The third-order valence-electron chi connectivity index (χ3n) is 5.84. The predicted octanol–water partition coefficient (Wildman–Crippen LogP) is 1.09. The first-order chi connectivity index (χ1) is 10.5. The number of piperazine rings is 1. The monoisotopic (exact) mass is 307 g/mol. The average molecular weight is 307 g/mol. The Hall–Kier alpha value is -1.10. The van der Waals surface area contributed by atoms with Crippen LogP contribution in [0.5, 0.6) is 0 Å². The highest BCUT2D eigenvalue weighted by Crippen LogP contribution is 2.45. The summed E-state index contributed by atoms with van der Waals surface area (Å²) in [7, 11) is 0. The van der Waals surface area contributed by atoms with Gasteiger partial charge in [-0.3, -0.25) is 9.59 Å². The third-order valence-corrected chi connectivity index (χ3v) is 5.84. The number of amides is 2. The van der Waals surface area contributed by atoms with Gasteiger partial charge >= 0.3 is 0 Å². The minimum absolute atomic E-state index is 0.0441. The van der Waals surface area contributed by atoms with Gasteiger partial charge < -0.3 is 15.1 Å². The average Bonchev–Trinajstić information content (AvgIpc) is 2.98. The van der Waals surface area contributed by atoms with Gasteiger partial charge in [-0.15, -0.1) is 0 Å². The van der Waals surface area contributed by atoms with Crippen LogP contribution in [-0.2, 0) is 9.59 Å². The lowest BCUT2D eigenvalue weighted by molar-refractivity contribution is -0.150. The molecule has 2 aliphatic heterocycles. The summed E-state index contributed by atoms with van der Waals surface area (Å²) in [5, 5.41) is 3.46. The second-order valence-corrected chi connectivity index (χ2v) is 7.50. The maximum Gasteiger partial charge on any atom is 0.230 e. The van der Waals surface area contributed by atoms with E-state index in [-0.39, 0.29) is 17.2 Å². The Morgan fingerprint density at radius 3 is 2.45 bits per heavy atom. The van der Waals surface area contributed by atoms with Crippen molar-refractivity contribution in [3.8, 4) is 0 Å². The fourth-order valence-corrected chi connectivity index (χ4v) is 4.48. The first-order valence-electron chi connectivity index (χ1n) is 8.83. The molecule has 2 heterocycles. The van der Waals surface area contributed by atoms with Crippen molar-refractivity contribution in [3.05, 3.63) is 0 Å². The molecule has 3 rings (SSSR count). The molecule has 0 spiro atoms. The van der Waals surface area contributed by atoms with Crippen molar-refractivity contribution in [1.29, 1.82) is 0 Å². The van der Waals surface area contributed by atoms with E-state index >= 15 is 0 Å². The Morgan fingerprint density at radius 2 is 1.77 bits per heavy atom. The molecule has 124 valence electrons. The van der Waals surface area contributed by atoms with E-state index in [1.165, 1.54) is 19.3 Å². The molecule has 2 atom stereocenters. The van der Waals surface area contributed by atoms with E-state index < -0.39 is 0 Å². The van der Waals surface area contributed by atoms with E-state index in [4.69, 9.17) is 0 Å². The van der Waals surface area contributed by atoms with Crippen LogP contribution in [0.3, 0.4) is 0 Å². The van der Waals surface area contributed by atoms with Gasteiger partial charge in [-0.05, 0) is 25.3 Å². The lowest BCUT2D eigenvalue weighted by atomic mass is 9.67. The molecule has 3 fully saturated rings. The number of fused-ring (bicyclic) bond motifs is 1. The minimum Gasteiger partial charge on any atom is -0.339 e. The molecular formula is C17H29N3O2. The van der Waals surface area contributed by atoms with E-state index in [1.807, 2.05) is 23.6 Å². The normalized spacial score (nSPS) is 32.2.